The lowest BCUT2D eigenvalue weighted by Crippen LogP contribution is -2.41. The molecule has 25 heavy (non-hydrogen) atoms. The maximum Gasteiger partial charge on any atom is 0.313 e. The zero-order valence-corrected chi connectivity index (χ0v) is 15.6. The molecule has 0 radical (unpaired) electrons. The van der Waals surface area contributed by atoms with Gasteiger partial charge in [0.2, 0.25) is 0 Å². The standard InChI is InChI=1S/C21H27NO3/c1-20(2,3)25-19(23)21(4,5)18(22)15-11-13-17(14-12-15)24-16-9-7-6-8-10-16/h6-14,18H,22H2,1-5H3/t18-/m0/s1. The van der Waals surface area contributed by atoms with Gasteiger partial charge in [-0.25, -0.2) is 0 Å². The molecule has 1 atom stereocenters. The molecule has 2 rings (SSSR count). The van der Waals surface area contributed by atoms with E-state index in [0.29, 0.717) is 0 Å². The molecule has 0 aliphatic heterocycles. The average molecular weight is 341 g/mol. The molecule has 0 saturated carbocycles. The molecular weight excluding hydrogens is 314 g/mol. The summed E-state index contributed by atoms with van der Waals surface area (Å²) in [6.45, 7) is 9.16. The number of ether oxygens (including phenoxy) is 2. The molecule has 0 amide bonds. The molecule has 0 aromatic heterocycles. The number of benzene rings is 2. The fraction of sp³-hybridized carbons (Fsp3) is 0.381. The van der Waals surface area contributed by atoms with Crippen LogP contribution in [0.4, 0.5) is 0 Å². The monoisotopic (exact) mass is 341 g/mol. The van der Waals surface area contributed by atoms with Gasteiger partial charge in [0.25, 0.3) is 0 Å². The lowest BCUT2D eigenvalue weighted by Gasteiger charge is -2.33. The summed E-state index contributed by atoms with van der Waals surface area (Å²) < 4.78 is 11.3. The number of hydrogen-bond acceptors (Lipinski definition) is 4. The summed E-state index contributed by atoms with van der Waals surface area (Å²) in [7, 11) is 0. The van der Waals surface area contributed by atoms with Crippen LogP contribution in [0.3, 0.4) is 0 Å². The van der Waals surface area contributed by atoms with E-state index < -0.39 is 17.1 Å². The van der Waals surface area contributed by atoms with Gasteiger partial charge in [0.15, 0.2) is 0 Å². The highest BCUT2D eigenvalue weighted by Gasteiger charge is 2.38. The van der Waals surface area contributed by atoms with E-state index in [2.05, 4.69) is 0 Å². The van der Waals surface area contributed by atoms with Crippen LogP contribution in [-0.2, 0) is 9.53 Å². The Balaban J connectivity index is 2.11. The molecule has 0 saturated heterocycles. The van der Waals surface area contributed by atoms with E-state index in [0.717, 1.165) is 17.1 Å². The van der Waals surface area contributed by atoms with Crippen LogP contribution in [0.1, 0.15) is 46.2 Å². The first kappa shape index (κ1) is 19.0. The van der Waals surface area contributed by atoms with Crippen LogP contribution in [-0.4, -0.2) is 11.6 Å². The number of hydrogen-bond donors (Lipinski definition) is 1. The van der Waals surface area contributed by atoms with Crippen molar-refractivity contribution in [3.8, 4) is 11.5 Å². The minimum Gasteiger partial charge on any atom is -0.460 e. The molecule has 2 aromatic carbocycles. The molecule has 4 nitrogen and oxygen atoms in total. The summed E-state index contributed by atoms with van der Waals surface area (Å²) in [6, 6.07) is 16.6. The maximum absolute atomic E-state index is 12.5. The molecule has 2 aromatic rings. The number of rotatable bonds is 5. The Morgan fingerprint density at radius 2 is 1.40 bits per heavy atom. The second-order valence-corrected chi connectivity index (χ2v) is 7.69. The third-order valence-electron chi connectivity index (χ3n) is 3.92. The van der Waals surface area contributed by atoms with Crippen LogP contribution in [0.15, 0.2) is 54.6 Å². The Morgan fingerprint density at radius 3 is 1.92 bits per heavy atom. The van der Waals surface area contributed by atoms with Gasteiger partial charge in [-0.05, 0) is 64.4 Å². The largest absolute Gasteiger partial charge is 0.460 e. The van der Waals surface area contributed by atoms with E-state index in [9.17, 15) is 4.79 Å². The minimum atomic E-state index is -0.838. The summed E-state index contributed by atoms with van der Waals surface area (Å²) in [6.07, 6.45) is 0. The zero-order chi connectivity index (χ0) is 18.7. The third-order valence-corrected chi connectivity index (χ3v) is 3.92. The highest BCUT2D eigenvalue weighted by Crippen LogP contribution is 2.35. The molecule has 0 aliphatic carbocycles. The second kappa shape index (κ2) is 7.28. The third kappa shape index (κ3) is 5.07. The summed E-state index contributed by atoms with van der Waals surface area (Å²) in [5, 5.41) is 0. The predicted octanol–water partition coefficient (Wildman–Crippen LogP) is 4.85. The predicted molar refractivity (Wildman–Crippen MR) is 99.5 cm³/mol. The minimum absolute atomic E-state index is 0.308. The van der Waals surface area contributed by atoms with Crippen molar-refractivity contribution in [2.24, 2.45) is 11.1 Å². The van der Waals surface area contributed by atoms with Gasteiger partial charge < -0.3 is 15.2 Å². The maximum atomic E-state index is 12.5. The number of esters is 1. The molecule has 0 bridgehead atoms. The molecular formula is C21H27NO3. The smallest absolute Gasteiger partial charge is 0.313 e. The molecule has 134 valence electrons. The quantitative estimate of drug-likeness (QED) is 0.790. The summed E-state index contributed by atoms with van der Waals surface area (Å²) in [4.78, 5) is 12.5. The summed E-state index contributed by atoms with van der Waals surface area (Å²) in [5.74, 6) is 1.18. The first-order chi connectivity index (χ1) is 11.6. The highest BCUT2D eigenvalue weighted by atomic mass is 16.6. The molecule has 0 heterocycles. The van der Waals surface area contributed by atoms with Crippen LogP contribution in [0.5, 0.6) is 11.5 Å². The Morgan fingerprint density at radius 1 is 0.880 bits per heavy atom. The molecule has 0 fully saturated rings. The van der Waals surface area contributed by atoms with Gasteiger partial charge in [-0.3, -0.25) is 4.79 Å². The molecule has 0 spiro atoms. The zero-order valence-electron chi connectivity index (χ0n) is 15.6. The fourth-order valence-electron chi connectivity index (χ4n) is 2.32. The van der Waals surface area contributed by atoms with Gasteiger partial charge in [0, 0.05) is 6.04 Å². The molecule has 2 N–H and O–H groups in total. The SMILES string of the molecule is CC(C)(C)OC(=O)C(C)(C)[C@@H](N)c1ccc(Oc2ccccc2)cc1. The molecule has 0 aliphatic rings. The van der Waals surface area contributed by atoms with Gasteiger partial charge in [-0.15, -0.1) is 0 Å². The van der Waals surface area contributed by atoms with E-state index in [1.807, 2.05) is 75.4 Å². The lowest BCUT2D eigenvalue weighted by molar-refractivity contribution is -0.167. The van der Waals surface area contributed by atoms with Crippen LogP contribution < -0.4 is 10.5 Å². The van der Waals surface area contributed by atoms with E-state index in [4.69, 9.17) is 15.2 Å². The van der Waals surface area contributed by atoms with Crippen molar-refractivity contribution in [3.05, 3.63) is 60.2 Å². The Bertz CT molecular complexity index is 700. The van der Waals surface area contributed by atoms with Gasteiger partial charge in [-0.1, -0.05) is 30.3 Å². The average Bonchev–Trinajstić information content (AvgIpc) is 2.54. The van der Waals surface area contributed by atoms with Gasteiger partial charge in [0.1, 0.15) is 17.1 Å². The van der Waals surface area contributed by atoms with Crippen molar-refractivity contribution in [1.82, 2.24) is 0 Å². The van der Waals surface area contributed by atoms with Gasteiger partial charge in [0.05, 0.1) is 5.41 Å². The van der Waals surface area contributed by atoms with Gasteiger partial charge in [-0.2, -0.15) is 0 Å². The number of carbonyl (C=O) groups excluding carboxylic acids is 1. The van der Waals surface area contributed by atoms with Crippen molar-refractivity contribution in [1.29, 1.82) is 0 Å². The van der Waals surface area contributed by atoms with Crippen molar-refractivity contribution in [2.45, 2.75) is 46.3 Å². The van der Waals surface area contributed by atoms with E-state index in [1.54, 1.807) is 13.8 Å². The van der Waals surface area contributed by atoms with Gasteiger partial charge >= 0.3 is 5.97 Å². The lowest BCUT2D eigenvalue weighted by atomic mass is 9.81. The van der Waals surface area contributed by atoms with Crippen molar-refractivity contribution >= 4 is 5.97 Å². The highest BCUT2D eigenvalue weighted by molar-refractivity contribution is 5.77. The first-order valence-electron chi connectivity index (χ1n) is 8.41. The van der Waals surface area contributed by atoms with Crippen LogP contribution in [0, 0.1) is 5.41 Å². The Hall–Kier alpha value is -2.33. The normalized spacial score (nSPS) is 13.2. The van der Waals surface area contributed by atoms with Crippen LogP contribution in [0.2, 0.25) is 0 Å². The van der Waals surface area contributed by atoms with Crippen LogP contribution in [0.25, 0.3) is 0 Å². The Labute approximate surface area is 150 Å². The van der Waals surface area contributed by atoms with E-state index in [-0.39, 0.29) is 5.97 Å². The second-order valence-electron chi connectivity index (χ2n) is 7.69. The summed E-state index contributed by atoms with van der Waals surface area (Å²) >= 11 is 0. The summed E-state index contributed by atoms with van der Waals surface area (Å²) in [5.41, 5.74) is 5.83. The molecule has 4 heteroatoms. The fourth-order valence-corrected chi connectivity index (χ4v) is 2.32. The van der Waals surface area contributed by atoms with E-state index in [1.165, 1.54) is 0 Å². The number of para-hydroxylation sites is 1. The van der Waals surface area contributed by atoms with Crippen LogP contribution >= 0.6 is 0 Å². The number of nitrogens with two attached hydrogens (primary N) is 1. The molecule has 0 unspecified atom stereocenters. The van der Waals surface area contributed by atoms with Crippen molar-refractivity contribution < 1.29 is 14.3 Å². The van der Waals surface area contributed by atoms with Crippen molar-refractivity contribution in [2.75, 3.05) is 0 Å². The Kier molecular flexibility index (Phi) is 5.53. The van der Waals surface area contributed by atoms with E-state index >= 15 is 0 Å². The topological polar surface area (TPSA) is 61.5 Å². The van der Waals surface area contributed by atoms with Crippen molar-refractivity contribution in [3.63, 3.8) is 0 Å². The number of carbonyl (C=O) groups is 1. The first-order valence-corrected chi connectivity index (χ1v) is 8.41.